The van der Waals surface area contributed by atoms with Gasteiger partial charge in [-0.05, 0) is 103 Å². The van der Waals surface area contributed by atoms with E-state index >= 15 is 0 Å². The predicted molar refractivity (Wildman–Crippen MR) is 299 cm³/mol. The minimum absolute atomic E-state index is 0.0579. The molecule has 83 heavy (non-hydrogen) atoms. The molecule has 0 radical (unpaired) electrons. The van der Waals surface area contributed by atoms with E-state index in [1.54, 1.807) is 66.8 Å². The molecule has 0 unspecified atom stereocenters. The minimum atomic E-state index is -0.650. The Labute approximate surface area is 480 Å². The first kappa shape index (κ1) is 59.4. The quantitative estimate of drug-likeness (QED) is 0.0424. The third-order valence-electron chi connectivity index (χ3n) is 13.8. The first-order valence-corrected chi connectivity index (χ1v) is 28.1. The van der Waals surface area contributed by atoms with Gasteiger partial charge in [-0.3, -0.25) is 18.8 Å². The van der Waals surface area contributed by atoms with E-state index < -0.39 is 23.7 Å². The first-order chi connectivity index (χ1) is 40.4. The number of amides is 1. The molecule has 6 aromatic heterocycles. The van der Waals surface area contributed by atoms with E-state index in [1.165, 1.54) is 17.3 Å². The van der Waals surface area contributed by atoms with Crippen LogP contribution in [0, 0.1) is 22.7 Å². The summed E-state index contributed by atoms with van der Waals surface area (Å²) in [6.07, 6.45) is 12.3. The van der Waals surface area contributed by atoms with Crippen molar-refractivity contribution in [2.75, 3.05) is 103 Å². The number of hydrogen-bond donors (Lipinski definition) is 3. The van der Waals surface area contributed by atoms with Crippen LogP contribution in [0.25, 0.3) is 34.0 Å². The number of imidazole rings is 2. The molecule has 3 N–H and O–H groups in total. The lowest BCUT2D eigenvalue weighted by Crippen LogP contribution is -2.44. The van der Waals surface area contributed by atoms with Gasteiger partial charge in [0.25, 0.3) is 0 Å². The third kappa shape index (κ3) is 16.5. The molecule has 0 spiro atoms. The summed E-state index contributed by atoms with van der Waals surface area (Å²) in [6.45, 7) is 11.3. The monoisotopic (exact) mass is 1140 g/mol. The van der Waals surface area contributed by atoms with E-state index in [9.17, 15) is 14.4 Å². The predicted octanol–water partition coefficient (Wildman–Crippen LogP) is 5.58. The van der Waals surface area contributed by atoms with E-state index in [2.05, 4.69) is 48.0 Å². The van der Waals surface area contributed by atoms with Crippen molar-refractivity contribution in [2.24, 2.45) is 0 Å². The molecule has 0 aromatic carbocycles. The zero-order valence-electron chi connectivity index (χ0n) is 47.0. The highest BCUT2D eigenvalue weighted by atomic mass is 16.6. The van der Waals surface area contributed by atoms with Gasteiger partial charge in [0.2, 0.25) is 0 Å². The van der Waals surface area contributed by atoms with Crippen LogP contribution in [0.4, 0.5) is 16.4 Å². The lowest BCUT2D eigenvalue weighted by atomic mass is 10.1. The van der Waals surface area contributed by atoms with Crippen LogP contribution in [0.3, 0.4) is 0 Å². The Hall–Kier alpha value is -8.27. The third-order valence-corrected chi connectivity index (χ3v) is 13.8. The van der Waals surface area contributed by atoms with Crippen LogP contribution in [0.5, 0.6) is 11.5 Å². The fraction of sp³-hybridized carbons (Fsp3) is 0.526. The van der Waals surface area contributed by atoms with E-state index in [0.29, 0.717) is 134 Å². The summed E-state index contributed by atoms with van der Waals surface area (Å²) in [5.74, 6) is 2.81. The van der Waals surface area contributed by atoms with E-state index in [-0.39, 0.29) is 57.1 Å². The zero-order chi connectivity index (χ0) is 58.0. The van der Waals surface area contributed by atoms with Crippen molar-refractivity contribution in [3.8, 4) is 35.3 Å². The number of ether oxygens (including phenoxy) is 9. The number of aromatic nitrogens is 8. The number of nitriles is 2. The number of pyridine rings is 4. The highest BCUT2D eigenvalue weighted by Crippen LogP contribution is 2.32. The van der Waals surface area contributed by atoms with Gasteiger partial charge in [0, 0.05) is 69.6 Å². The van der Waals surface area contributed by atoms with Gasteiger partial charge < -0.3 is 58.6 Å². The number of esters is 2. The zero-order valence-corrected chi connectivity index (χ0v) is 47.0. The van der Waals surface area contributed by atoms with Crippen molar-refractivity contribution in [1.29, 1.82) is 10.5 Å². The Morgan fingerprint density at radius 1 is 0.651 bits per heavy atom. The SMILES string of the molecule is CC(C)(C)OC(=O)N1CCC[C@H]1C(=O)OCCOCCOc1cc2ncn(-c3ccc(C#N)cn3)c2nc1NC1CCOCC1.N#Cc1ccc(-n2cnc3cc(OCCOCCOC(=O)[C@@H]4CCCN4)c(NC4CCOCC4)nc32)nc1. The molecule has 0 bridgehead atoms. The maximum atomic E-state index is 12.6. The van der Waals surface area contributed by atoms with Crippen LogP contribution in [0.15, 0.2) is 61.4 Å². The Morgan fingerprint density at radius 3 is 1.61 bits per heavy atom. The van der Waals surface area contributed by atoms with Gasteiger partial charge in [-0.2, -0.15) is 10.5 Å². The van der Waals surface area contributed by atoms with Crippen LogP contribution in [0.2, 0.25) is 0 Å². The van der Waals surface area contributed by atoms with Crippen LogP contribution in [-0.4, -0.2) is 184 Å². The van der Waals surface area contributed by atoms with Crippen molar-refractivity contribution >= 4 is 52.0 Å². The number of rotatable bonds is 22. The molecule has 1 amide bonds. The summed E-state index contributed by atoms with van der Waals surface area (Å²) in [4.78, 5) is 65.9. The second-order valence-electron chi connectivity index (χ2n) is 20.9. The number of nitrogens with zero attached hydrogens (tertiary/aromatic N) is 11. The molecule has 10 heterocycles. The lowest BCUT2D eigenvalue weighted by molar-refractivity contribution is -0.150. The second-order valence-corrected chi connectivity index (χ2v) is 20.9. The van der Waals surface area contributed by atoms with Crippen molar-refractivity contribution in [1.82, 2.24) is 49.3 Å². The van der Waals surface area contributed by atoms with Gasteiger partial charge in [0.05, 0.1) is 37.6 Å². The number of anilines is 2. The number of likely N-dealkylation sites (tertiary alicyclic amines) is 1. The number of carbonyl (C=O) groups is 3. The Kier molecular flexibility index (Phi) is 20.8. The molecule has 4 aliphatic rings. The summed E-state index contributed by atoms with van der Waals surface area (Å²) in [5.41, 5.74) is 2.80. The molecule has 26 nitrogen and oxygen atoms in total. The molecule has 440 valence electrons. The molecular formula is C57H70N14O12. The van der Waals surface area contributed by atoms with Crippen molar-refractivity contribution in [2.45, 2.75) is 102 Å². The number of fused-ring (bicyclic) bond motifs is 2. The fourth-order valence-corrected chi connectivity index (χ4v) is 9.53. The molecule has 10 rings (SSSR count). The Morgan fingerprint density at radius 2 is 1.16 bits per heavy atom. The van der Waals surface area contributed by atoms with Gasteiger partial charge in [-0.15, -0.1) is 0 Å². The highest BCUT2D eigenvalue weighted by molar-refractivity contribution is 5.82. The average Bonchev–Trinajstić information content (AvgIpc) is 4.15. The maximum absolute atomic E-state index is 12.6. The van der Waals surface area contributed by atoms with Gasteiger partial charge in [-0.25, -0.2) is 39.5 Å². The van der Waals surface area contributed by atoms with Crippen molar-refractivity contribution in [3.05, 3.63) is 72.6 Å². The van der Waals surface area contributed by atoms with Gasteiger partial charge in [-0.1, -0.05) is 0 Å². The van der Waals surface area contributed by atoms with Crippen molar-refractivity contribution < 1.29 is 57.0 Å². The summed E-state index contributed by atoms with van der Waals surface area (Å²) < 4.78 is 54.0. The van der Waals surface area contributed by atoms with E-state index in [1.807, 2.05) is 12.1 Å². The minimum Gasteiger partial charge on any atom is -0.487 e. The van der Waals surface area contributed by atoms with Gasteiger partial charge in [0.15, 0.2) is 34.4 Å². The second kappa shape index (κ2) is 29.1. The average molecular weight is 1140 g/mol. The normalized spacial score (nSPS) is 17.5. The number of hydrogen-bond acceptors (Lipinski definition) is 23. The van der Waals surface area contributed by atoms with Crippen molar-refractivity contribution in [3.63, 3.8) is 0 Å². The van der Waals surface area contributed by atoms with E-state index in [0.717, 1.165) is 45.1 Å². The number of nitrogens with one attached hydrogen (secondary N) is 3. The Bertz CT molecular complexity index is 3190. The Balaban J connectivity index is 0.000000202. The maximum Gasteiger partial charge on any atom is 0.411 e. The first-order valence-electron chi connectivity index (χ1n) is 28.1. The molecule has 6 aromatic rings. The summed E-state index contributed by atoms with van der Waals surface area (Å²) in [7, 11) is 0. The molecular weight excluding hydrogens is 1070 g/mol. The molecule has 4 saturated heterocycles. The van der Waals surface area contributed by atoms with Gasteiger partial charge >= 0.3 is 18.0 Å². The summed E-state index contributed by atoms with van der Waals surface area (Å²) in [5, 5.41) is 28.3. The summed E-state index contributed by atoms with van der Waals surface area (Å²) >= 11 is 0. The molecule has 0 aliphatic carbocycles. The molecule has 4 fully saturated rings. The topological polar surface area (TPSA) is 308 Å². The van der Waals surface area contributed by atoms with Crippen LogP contribution >= 0.6 is 0 Å². The fourth-order valence-electron chi connectivity index (χ4n) is 9.53. The smallest absolute Gasteiger partial charge is 0.411 e. The van der Waals surface area contributed by atoms with Crippen LogP contribution in [0.1, 0.15) is 83.3 Å². The van der Waals surface area contributed by atoms with Gasteiger partial charge in [0.1, 0.15) is 91.6 Å². The molecule has 26 heteroatoms. The largest absolute Gasteiger partial charge is 0.487 e. The van der Waals surface area contributed by atoms with Crippen LogP contribution < -0.4 is 25.4 Å². The number of carbonyl (C=O) groups excluding carboxylic acids is 3. The van der Waals surface area contributed by atoms with Crippen LogP contribution in [-0.2, 0) is 42.7 Å². The molecule has 2 atom stereocenters. The molecule has 4 aliphatic heterocycles. The summed E-state index contributed by atoms with van der Waals surface area (Å²) in [6, 6.07) is 14.3. The highest BCUT2D eigenvalue weighted by Gasteiger charge is 2.38. The van der Waals surface area contributed by atoms with E-state index in [4.69, 9.17) is 63.1 Å². The molecule has 0 saturated carbocycles. The lowest BCUT2D eigenvalue weighted by Gasteiger charge is -2.27. The standard InChI is InChI=1S/C31H39N7O7.C26H31N7O5/c1-31(2,3)45-30(40)37-10-4-5-24(37)29(39)44-16-14-42-13-15-43-25-17-23-28(36-27(25)35-22-8-11-41-12-9-22)38(20-34-23)26-7-6-21(18-32)19-33-26;27-15-18-3-4-23(29-16-18)33-17-30-21-14-22(24(32-25(21)33)31-19-5-8-35-9-6-19)37-12-10-36-11-13-38-26(34)20-2-1-7-28-20/h6-7,17,19-20,22,24H,4-5,8-16H2,1-3H3,(H,35,36);3-4,14,16-17,19-20,28H,1-2,5-13H2,(H,31,32)/t24-;20-/m00/s1.